The second-order valence-corrected chi connectivity index (χ2v) is 15.2. The van der Waals surface area contributed by atoms with Gasteiger partial charge in [0.2, 0.25) is 0 Å². The smallest absolute Gasteiger partial charge is 0.165 e. The Balaban J connectivity index is 1.25. The van der Waals surface area contributed by atoms with Crippen LogP contribution in [0.1, 0.15) is 0 Å². The van der Waals surface area contributed by atoms with E-state index in [1.165, 1.54) is 69.0 Å². The van der Waals surface area contributed by atoms with E-state index >= 15 is 0 Å². The van der Waals surface area contributed by atoms with Crippen LogP contribution >= 0.6 is 11.3 Å². The van der Waals surface area contributed by atoms with Crippen LogP contribution in [0, 0.1) is 0 Å². The predicted octanol–water partition coefficient (Wildman–Crippen LogP) is 13.1. The van der Waals surface area contributed by atoms with Gasteiger partial charge in [0, 0.05) is 58.1 Å². The van der Waals surface area contributed by atoms with E-state index < -0.39 is 0 Å². The van der Waals surface area contributed by atoms with Gasteiger partial charge in [-0.2, -0.15) is 0 Å². The number of aromatic nitrogens is 4. The Morgan fingerprint density at radius 1 is 0.415 bits per heavy atom. The Labute approximate surface area is 305 Å². The lowest BCUT2D eigenvalue weighted by atomic mass is 10.0. The number of benzene rings is 8. The molecule has 53 heavy (non-hydrogen) atoms. The van der Waals surface area contributed by atoms with Crippen LogP contribution in [-0.2, 0) is 0 Å². The quantitative estimate of drug-likeness (QED) is 0.169. The zero-order valence-electron chi connectivity index (χ0n) is 28.2. The van der Waals surface area contributed by atoms with Crippen LogP contribution in [0.3, 0.4) is 0 Å². The number of fused-ring (bicyclic) bond motifs is 12. The van der Waals surface area contributed by atoms with Gasteiger partial charge in [-0.05, 0) is 53.2 Å². The monoisotopic (exact) mass is 690 g/mol. The van der Waals surface area contributed by atoms with Crippen LogP contribution in [0.2, 0.25) is 0 Å². The van der Waals surface area contributed by atoms with Crippen molar-refractivity contribution in [2.45, 2.75) is 0 Å². The minimum atomic E-state index is 0.830. The Morgan fingerprint density at radius 3 is 2.02 bits per heavy atom. The molecule has 244 valence electrons. The molecule has 0 radical (unpaired) electrons. The van der Waals surface area contributed by atoms with Gasteiger partial charge in [-0.25, -0.2) is 9.97 Å². The fraction of sp³-hybridized carbons (Fsp3) is 0. The highest BCUT2D eigenvalue weighted by molar-refractivity contribution is 7.26. The molecule has 0 saturated carbocycles. The normalized spacial score (nSPS) is 12.5. The third kappa shape index (κ3) is 3.50. The second kappa shape index (κ2) is 9.94. The number of hydrogen-bond donors (Lipinski definition) is 0. The molecule has 0 saturated heterocycles. The summed E-state index contributed by atoms with van der Waals surface area (Å²) in [7, 11) is 0. The molecule has 0 bridgehead atoms. The Morgan fingerprint density at radius 2 is 1.09 bits per heavy atom. The number of nitrogens with zero attached hydrogens (tertiary/aromatic N) is 4. The van der Waals surface area contributed by atoms with Crippen molar-refractivity contribution in [2.24, 2.45) is 0 Å². The van der Waals surface area contributed by atoms with Crippen molar-refractivity contribution in [1.82, 2.24) is 18.9 Å². The summed E-state index contributed by atoms with van der Waals surface area (Å²) in [4.78, 5) is 11.0. The molecule has 0 N–H and O–H groups in total. The fourth-order valence-corrected chi connectivity index (χ4v) is 10.4. The third-order valence-electron chi connectivity index (χ3n) is 11.4. The van der Waals surface area contributed by atoms with E-state index in [2.05, 4.69) is 167 Å². The van der Waals surface area contributed by atoms with Gasteiger partial charge >= 0.3 is 0 Å². The first-order valence-electron chi connectivity index (χ1n) is 18.0. The Hall–Kier alpha value is -6.82. The fourth-order valence-electron chi connectivity index (χ4n) is 9.29. The predicted molar refractivity (Wildman–Crippen MR) is 224 cm³/mol. The van der Waals surface area contributed by atoms with Crippen LogP contribution in [0.4, 0.5) is 0 Å². The molecule has 5 heteroatoms. The number of rotatable bonds is 2. The Kier molecular flexibility index (Phi) is 5.22. The summed E-state index contributed by atoms with van der Waals surface area (Å²) in [5.74, 6) is 0.830. The summed E-state index contributed by atoms with van der Waals surface area (Å²) in [5, 5.41) is 12.5. The molecule has 13 rings (SSSR count). The number of hydrogen-bond acceptors (Lipinski definition) is 3. The van der Waals surface area contributed by atoms with E-state index in [0.29, 0.717) is 0 Å². The molecule has 0 aliphatic rings. The standard InChI is InChI=1S/C48H26N4S/c1-2-12-28(13-3-1)45-48(49-34-24-23-27-11-4-5-14-29(27)46(34)50-45)52-35-19-9-16-30-31-17-8-18-33-42-38(25-26-40-43(42)32-15-6-7-22-39(32)53-40)51(47(31)33)36-20-10-21-37(52)44(36)41(30)35/h1-26H. The van der Waals surface area contributed by atoms with Gasteiger partial charge in [0.05, 0.1) is 38.6 Å². The average molecular weight is 691 g/mol. The highest BCUT2D eigenvalue weighted by Crippen LogP contribution is 2.48. The molecule has 0 spiro atoms. The van der Waals surface area contributed by atoms with Gasteiger partial charge < -0.3 is 4.40 Å². The molecular formula is C48H26N4S. The van der Waals surface area contributed by atoms with Gasteiger partial charge in [0.25, 0.3) is 0 Å². The summed E-state index contributed by atoms with van der Waals surface area (Å²) in [6, 6.07) is 57.2. The summed E-state index contributed by atoms with van der Waals surface area (Å²) in [6.45, 7) is 0. The van der Waals surface area contributed by atoms with E-state index in [1.54, 1.807) is 0 Å². The summed E-state index contributed by atoms with van der Waals surface area (Å²) in [5.41, 5.74) is 9.60. The van der Waals surface area contributed by atoms with Crippen LogP contribution in [0.5, 0.6) is 0 Å². The van der Waals surface area contributed by atoms with Crippen LogP contribution in [0.15, 0.2) is 158 Å². The van der Waals surface area contributed by atoms with E-state index in [4.69, 9.17) is 9.97 Å². The molecule has 0 fully saturated rings. The van der Waals surface area contributed by atoms with Crippen LogP contribution < -0.4 is 0 Å². The lowest BCUT2D eigenvalue weighted by Gasteiger charge is -2.15. The van der Waals surface area contributed by atoms with E-state index in [9.17, 15) is 0 Å². The molecule has 0 unspecified atom stereocenters. The van der Waals surface area contributed by atoms with Gasteiger partial charge in [-0.15, -0.1) is 11.3 Å². The minimum absolute atomic E-state index is 0.830. The van der Waals surface area contributed by atoms with E-state index in [-0.39, 0.29) is 0 Å². The number of para-hydroxylation sites is 1. The van der Waals surface area contributed by atoms with Crippen molar-refractivity contribution in [3.05, 3.63) is 158 Å². The van der Waals surface area contributed by atoms with Gasteiger partial charge in [0.1, 0.15) is 5.69 Å². The third-order valence-corrected chi connectivity index (χ3v) is 12.6. The van der Waals surface area contributed by atoms with Crippen LogP contribution in [-0.4, -0.2) is 18.9 Å². The highest BCUT2D eigenvalue weighted by atomic mass is 32.1. The first-order valence-corrected chi connectivity index (χ1v) is 18.8. The molecule has 0 atom stereocenters. The topological polar surface area (TPSA) is 35.1 Å². The highest BCUT2D eigenvalue weighted by Gasteiger charge is 2.25. The maximum atomic E-state index is 5.52. The van der Waals surface area contributed by atoms with Gasteiger partial charge in [-0.1, -0.05) is 115 Å². The van der Waals surface area contributed by atoms with E-state index in [1.807, 2.05) is 11.3 Å². The summed E-state index contributed by atoms with van der Waals surface area (Å²) < 4.78 is 7.55. The molecule has 5 aromatic heterocycles. The molecule has 8 aromatic carbocycles. The van der Waals surface area contributed by atoms with Gasteiger partial charge in [-0.3, -0.25) is 4.57 Å². The maximum absolute atomic E-state index is 5.52. The lowest BCUT2D eigenvalue weighted by Crippen LogP contribution is -2.04. The SMILES string of the molecule is c1ccc(-c2nc3c(ccc4ccccc43)nc2-n2c3cccc4c5cccc6c7c8c(ccc7n(c7cccc2c7c43)c56)sc2ccccc28)cc1. The molecule has 0 aliphatic carbocycles. The first kappa shape index (κ1) is 27.8. The average Bonchev–Trinajstić information content (AvgIpc) is 3.85. The van der Waals surface area contributed by atoms with Gasteiger partial charge in [0.15, 0.2) is 5.82 Å². The molecule has 13 aromatic rings. The molecule has 0 aliphatic heterocycles. The van der Waals surface area contributed by atoms with Crippen molar-refractivity contribution >= 4 is 113 Å². The first-order chi connectivity index (χ1) is 26.3. The minimum Gasteiger partial charge on any atom is -0.308 e. The van der Waals surface area contributed by atoms with Crippen molar-refractivity contribution in [1.29, 1.82) is 0 Å². The van der Waals surface area contributed by atoms with Crippen molar-refractivity contribution in [3.8, 4) is 17.1 Å². The van der Waals surface area contributed by atoms with Crippen molar-refractivity contribution in [3.63, 3.8) is 0 Å². The molecular weight excluding hydrogens is 665 g/mol. The van der Waals surface area contributed by atoms with Crippen molar-refractivity contribution < 1.29 is 0 Å². The largest absolute Gasteiger partial charge is 0.308 e. The Bertz CT molecular complexity index is 3680. The zero-order valence-corrected chi connectivity index (χ0v) is 29.0. The second-order valence-electron chi connectivity index (χ2n) is 14.1. The summed E-state index contributed by atoms with van der Waals surface area (Å²) >= 11 is 1.88. The zero-order chi connectivity index (χ0) is 34.4. The van der Waals surface area contributed by atoms with Crippen molar-refractivity contribution in [2.75, 3.05) is 0 Å². The van der Waals surface area contributed by atoms with E-state index in [0.717, 1.165) is 49.9 Å². The van der Waals surface area contributed by atoms with Crippen LogP contribution in [0.25, 0.3) is 119 Å². The molecule has 5 heterocycles. The lowest BCUT2D eigenvalue weighted by molar-refractivity contribution is 1.08. The molecule has 0 amide bonds. The number of thiophene rings is 1. The maximum Gasteiger partial charge on any atom is 0.165 e. The molecule has 4 nitrogen and oxygen atoms in total. The summed E-state index contributed by atoms with van der Waals surface area (Å²) in [6.07, 6.45) is 0.